The van der Waals surface area contributed by atoms with Gasteiger partial charge in [0.15, 0.2) is 0 Å². The first-order valence-corrected chi connectivity index (χ1v) is 8.55. The van der Waals surface area contributed by atoms with Crippen molar-refractivity contribution in [3.63, 3.8) is 0 Å². The van der Waals surface area contributed by atoms with E-state index in [0.717, 1.165) is 21.5 Å². The summed E-state index contributed by atoms with van der Waals surface area (Å²) in [6.07, 6.45) is 0. The van der Waals surface area contributed by atoms with Crippen molar-refractivity contribution in [1.29, 1.82) is 0 Å². The normalized spacial score (nSPS) is 10.9. The van der Waals surface area contributed by atoms with E-state index in [2.05, 4.69) is 15.5 Å². The molecule has 0 saturated heterocycles. The average Bonchev–Trinajstić information content (AvgIpc) is 3.21. The van der Waals surface area contributed by atoms with E-state index in [1.165, 1.54) is 11.3 Å². The molecular weight excluding hydrogens is 342 g/mol. The topological polar surface area (TPSA) is 57.8 Å². The third kappa shape index (κ3) is 2.79. The molecule has 0 atom stereocenters. The number of halogens is 1. The number of nitrogens with one attached hydrogen (secondary N) is 2. The van der Waals surface area contributed by atoms with Gasteiger partial charge in [-0.1, -0.05) is 35.9 Å². The van der Waals surface area contributed by atoms with Crippen LogP contribution in [-0.2, 0) is 0 Å². The van der Waals surface area contributed by atoms with E-state index in [-0.39, 0.29) is 5.91 Å². The number of carbonyl (C=O) groups excluding carboxylic acids is 1. The van der Waals surface area contributed by atoms with Crippen molar-refractivity contribution in [3.8, 4) is 10.6 Å². The fourth-order valence-electron chi connectivity index (χ4n) is 2.50. The van der Waals surface area contributed by atoms with Crippen LogP contribution in [0.3, 0.4) is 0 Å². The Kier molecular flexibility index (Phi) is 3.80. The molecule has 0 saturated carbocycles. The highest BCUT2D eigenvalue weighted by Crippen LogP contribution is 2.31. The van der Waals surface area contributed by atoms with E-state index < -0.39 is 0 Å². The van der Waals surface area contributed by atoms with E-state index >= 15 is 0 Å². The van der Waals surface area contributed by atoms with Crippen LogP contribution in [0, 0.1) is 0 Å². The van der Waals surface area contributed by atoms with Gasteiger partial charge >= 0.3 is 0 Å². The zero-order valence-corrected chi connectivity index (χ0v) is 14.0. The third-order valence-corrected chi connectivity index (χ3v) is 4.82. The Morgan fingerprint density at radius 3 is 2.88 bits per heavy atom. The van der Waals surface area contributed by atoms with Gasteiger partial charge in [-0.2, -0.15) is 5.10 Å². The number of aromatic nitrogens is 2. The number of amides is 1. The molecule has 118 valence electrons. The zero-order valence-electron chi connectivity index (χ0n) is 12.4. The van der Waals surface area contributed by atoms with Crippen molar-refractivity contribution in [2.45, 2.75) is 0 Å². The number of para-hydroxylation sites is 1. The summed E-state index contributed by atoms with van der Waals surface area (Å²) >= 11 is 7.44. The lowest BCUT2D eigenvalue weighted by molar-refractivity contribution is 0.102. The molecule has 0 fully saturated rings. The number of rotatable bonds is 3. The summed E-state index contributed by atoms with van der Waals surface area (Å²) in [5, 5.41) is 13.7. The number of fused-ring (bicyclic) bond motifs is 1. The number of H-pyrrole nitrogens is 1. The summed E-state index contributed by atoms with van der Waals surface area (Å²) in [5.41, 5.74) is 3.11. The van der Waals surface area contributed by atoms with Gasteiger partial charge in [0, 0.05) is 21.5 Å². The smallest absolute Gasteiger partial charge is 0.256 e. The second-order valence-corrected chi connectivity index (χ2v) is 6.63. The number of benzene rings is 2. The van der Waals surface area contributed by atoms with Crippen molar-refractivity contribution >= 4 is 45.4 Å². The number of nitrogens with zero attached hydrogens (tertiary/aromatic N) is 1. The molecule has 0 aliphatic carbocycles. The second kappa shape index (κ2) is 6.11. The minimum atomic E-state index is -0.167. The van der Waals surface area contributed by atoms with Gasteiger partial charge in [-0.25, -0.2) is 0 Å². The fraction of sp³-hybridized carbons (Fsp3) is 0. The predicted octanol–water partition coefficient (Wildman–Crippen LogP) is 5.20. The summed E-state index contributed by atoms with van der Waals surface area (Å²) in [4.78, 5) is 13.3. The Morgan fingerprint density at radius 2 is 2.00 bits per heavy atom. The predicted molar refractivity (Wildman–Crippen MR) is 98.8 cm³/mol. The average molecular weight is 354 g/mol. The van der Waals surface area contributed by atoms with E-state index in [0.29, 0.717) is 16.3 Å². The molecule has 2 aromatic heterocycles. The number of carbonyl (C=O) groups is 1. The molecule has 1 amide bonds. The first-order chi connectivity index (χ1) is 11.7. The van der Waals surface area contributed by atoms with Crippen molar-refractivity contribution in [2.24, 2.45) is 0 Å². The van der Waals surface area contributed by atoms with Crippen LogP contribution in [0.1, 0.15) is 10.4 Å². The van der Waals surface area contributed by atoms with Crippen LogP contribution in [0.5, 0.6) is 0 Å². The van der Waals surface area contributed by atoms with Gasteiger partial charge < -0.3 is 5.32 Å². The molecule has 0 radical (unpaired) electrons. The van der Waals surface area contributed by atoms with E-state index in [4.69, 9.17) is 11.6 Å². The number of anilines is 1. The Hall–Kier alpha value is -2.63. The highest BCUT2D eigenvalue weighted by atomic mass is 35.5. The van der Waals surface area contributed by atoms with Crippen LogP contribution in [0.2, 0.25) is 5.02 Å². The van der Waals surface area contributed by atoms with Crippen LogP contribution in [0.4, 0.5) is 5.69 Å². The van der Waals surface area contributed by atoms with Gasteiger partial charge in [0.1, 0.15) is 5.69 Å². The highest BCUT2D eigenvalue weighted by molar-refractivity contribution is 7.14. The van der Waals surface area contributed by atoms with E-state index in [1.807, 2.05) is 35.7 Å². The maximum Gasteiger partial charge on any atom is 0.256 e. The van der Waals surface area contributed by atoms with Crippen LogP contribution < -0.4 is 5.32 Å². The summed E-state index contributed by atoms with van der Waals surface area (Å²) in [6.45, 7) is 0. The van der Waals surface area contributed by atoms with Crippen LogP contribution >= 0.6 is 22.9 Å². The zero-order chi connectivity index (χ0) is 16.5. The largest absolute Gasteiger partial charge is 0.322 e. The molecule has 0 spiro atoms. The number of hydrogen-bond donors (Lipinski definition) is 2. The van der Waals surface area contributed by atoms with Crippen molar-refractivity contribution < 1.29 is 4.79 Å². The van der Waals surface area contributed by atoms with Crippen molar-refractivity contribution in [3.05, 3.63) is 70.6 Å². The monoisotopic (exact) mass is 353 g/mol. The highest BCUT2D eigenvalue weighted by Gasteiger charge is 2.14. The van der Waals surface area contributed by atoms with Gasteiger partial charge in [0.25, 0.3) is 5.91 Å². The molecule has 4 rings (SSSR count). The van der Waals surface area contributed by atoms with Gasteiger partial charge in [0.2, 0.25) is 0 Å². The SMILES string of the molecule is O=C(Nc1cccc(Cl)c1)c1csc(-c2n[nH]c3ccccc23)c1. The van der Waals surface area contributed by atoms with E-state index in [9.17, 15) is 4.79 Å². The molecule has 24 heavy (non-hydrogen) atoms. The maximum absolute atomic E-state index is 12.4. The number of hydrogen-bond acceptors (Lipinski definition) is 3. The van der Waals surface area contributed by atoms with Crippen molar-refractivity contribution in [1.82, 2.24) is 10.2 Å². The summed E-state index contributed by atoms with van der Waals surface area (Å²) in [7, 11) is 0. The Labute approximate surface area is 147 Å². The molecule has 0 aliphatic heterocycles. The van der Waals surface area contributed by atoms with Crippen LogP contribution in [-0.4, -0.2) is 16.1 Å². The maximum atomic E-state index is 12.4. The number of thiophene rings is 1. The van der Waals surface area contributed by atoms with Crippen LogP contribution in [0.15, 0.2) is 60.0 Å². The molecule has 4 aromatic rings. The first kappa shape index (κ1) is 14.9. The molecule has 0 bridgehead atoms. The number of aromatic amines is 1. The van der Waals surface area contributed by atoms with E-state index in [1.54, 1.807) is 24.3 Å². The lowest BCUT2D eigenvalue weighted by Gasteiger charge is -2.03. The fourth-order valence-corrected chi connectivity index (χ4v) is 3.58. The molecule has 4 nitrogen and oxygen atoms in total. The first-order valence-electron chi connectivity index (χ1n) is 7.29. The van der Waals surface area contributed by atoms with Gasteiger partial charge in [-0.05, 0) is 30.3 Å². The molecule has 0 unspecified atom stereocenters. The quantitative estimate of drug-likeness (QED) is 0.532. The summed E-state index contributed by atoms with van der Waals surface area (Å²) in [6, 6.07) is 16.9. The lowest BCUT2D eigenvalue weighted by atomic mass is 10.1. The second-order valence-electron chi connectivity index (χ2n) is 5.28. The minimum absolute atomic E-state index is 0.167. The minimum Gasteiger partial charge on any atom is -0.322 e. The van der Waals surface area contributed by atoms with Crippen molar-refractivity contribution in [2.75, 3.05) is 5.32 Å². The molecule has 2 N–H and O–H groups in total. The summed E-state index contributed by atoms with van der Waals surface area (Å²) in [5.74, 6) is -0.167. The van der Waals surface area contributed by atoms with Crippen LogP contribution in [0.25, 0.3) is 21.5 Å². The Morgan fingerprint density at radius 1 is 1.12 bits per heavy atom. The van der Waals surface area contributed by atoms with Gasteiger partial charge in [-0.3, -0.25) is 9.89 Å². The molecule has 0 aliphatic rings. The molecule has 2 heterocycles. The Bertz CT molecular complexity index is 1040. The summed E-state index contributed by atoms with van der Waals surface area (Å²) < 4.78 is 0. The molecule has 2 aromatic carbocycles. The van der Waals surface area contributed by atoms with Gasteiger partial charge in [-0.15, -0.1) is 11.3 Å². The van der Waals surface area contributed by atoms with Gasteiger partial charge in [0.05, 0.1) is 16.0 Å². The third-order valence-electron chi connectivity index (χ3n) is 3.65. The Balaban J connectivity index is 1.61. The molecular formula is C18H12ClN3OS. The molecule has 6 heteroatoms. The lowest BCUT2D eigenvalue weighted by Crippen LogP contribution is -2.10. The standard InChI is InChI=1S/C18H12ClN3OS/c19-12-4-3-5-13(9-12)20-18(23)11-8-16(24-10-11)17-14-6-1-2-7-15(14)21-22-17/h1-10H,(H,20,23)(H,21,22).